The molecule has 0 saturated carbocycles. The van der Waals surface area contributed by atoms with Gasteiger partial charge < -0.3 is 16.0 Å². The van der Waals surface area contributed by atoms with Crippen molar-refractivity contribution in [3.63, 3.8) is 0 Å². The third-order valence-corrected chi connectivity index (χ3v) is 2.84. The van der Waals surface area contributed by atoms with Crippen LogP contribution in [0.25, 0.3) is 0 Å². The van der Waals surface area contributed by atoms with Gasteiger partial charge in [-0.25, -0.2) is 0 Å². The van der Waals surface area contributed by atoms with Crippen LogP contribution in [0.2, 0.25) is 0 Å². The van der Waals surface area contributed by atoms with Crippen molar-refractivity contribution in [2.45, 2.75) is 39.2 Å². The molecule has 0 bridgehead atoms. The SMILES string of the molecule is CC(C)(C)NC(=O)CNC(=O)CCNC(=O)Cc1ccccc1. The maximum atomic E-state index is 11.7. The molecular formula is C17H25N3O3. The summed E-state index contributed by atoms with van der Waals surface area (Å²) in [6, 6.07) is 9.39. The molecule has 3 amide bonds. The highest BCUT2D eigenvalue weighted by Gasteiger charge is 2.14. The summed E-state index contributed by atoms with van der Waals surface area (Å²) in [7, 11) is 0. The van der Waals surface area contributed by atoms with E-state index in [0.717, 1.165) is 5.56 Å². The molecule has 1 aromatic carbocycles. The molecule has 6 nitrogen and oxygen atoms in total. The van der Waals surface area contributed by atoms with Crippen LogP contribution in [0.15, 0.2) is 30.3 Å². The molecule has 0 aliphatic rings. The van der Waals surface area contributed by atoms with Gasteiger partial charge in [-0.1, -0.05) is 30.3 Å². The van der Waals surface area contributed by atoms with Crippen LogP contribution in [0.3, 0.4) is 0 Å². The molecule has 0 aliphatic heterocycles. The van der Waals surface area contributed by atoms with Crippen molar-refractivity contribution >= 4 is 17.7 Å². The molecule has 0 heterocycles. The van der Waals surface area contributed by atoms with E-state index in [-0.39, 0.29) is 49.2 Å². The molecule has 0 atom stereocenters. The van der Waals surface area contributed by atoms with Crippen LogP contribution in [-0.2, 0) is 20.8 Å². The molecule has 0 aromatic heterocycles. The summed E-state index contributed by atoms with van der Waals surface area (Å²) in [6.45, 7) is 5.80. The van der Waals surface area contributed by atoms with Gasteiger partial charge in [-0.05, 0) is 26.3 Å². The van der Waals surface area contributed by atoms with Crippen LogP contribution in [0.4, 0.5) is 0 Å². The largest absolute Gasteiger partial charge is 0.355 e. The van der Waals surface area contributed by atoms with Crippen LogP contribution in [0.5, 0.6) is 0 Å². The summed E-state index contributed by atoms with van der Waals surface area (Å²) in [6.07, 6.45) is 0.430. The first-order valence-corrected chi connectivity index (χ1v) is 7.64. The minimum absolute atomic E-state index is 0.0614. The van der Waals surface area contributed by atoms with Gasteiger partial charge in [0.25, 0.3) is 0 Å². The van der Waals surface area contributed by atoms with Crippen molar-refractivity contribution in [3.8, 4) is 0 Å². The highest BCUT2D eigenvalue weighted by Crippen LogP contribution is 1.99. The second kappa shape index (κ2) is 8.92. The van der Waals surface area contributed by atoms with Crippen LogP contribution >= 0.6 is 0 Å². The van der Waals surface area contributed by atoms with Crippen LogP contribution in [0.1, 0.15) is 32.8 Å². The molecule has 1 rings (SSSR count). The van der Waals surface area contributed by atoms with Gasteiger partial charge in [-0.3, -0.25) is 14.4 Å². The fourth-order valence-electron chi connectivity index (χ4n) is 1.89. The molecule has 0 radical (unpaired) electrons. The topological polar surface area (TPSA) is 87.3 Å². The number of benzene rings is 1. The molecule has 0 spiro atoms. The maximum Gasteiger partial charge on any atom is 0.239 e. The Morgan fingerprint density at radius 3 is 2.17 bits per heavy atom. The summed E-state index contributed by atoms with van der Waals surface area (Å²) in [5.41, 5.74) is 0.598. The third kappa shape index (κ3) is 9.29. The van der Waals surface area contributed by atoms with E-state index in [1.165, 1.54) is 0 Å². The number of rotatable bonds is 7. The van der Waals surface area contributed by atoms with Crippen LogP contribution < -0.4 is 16.0 Å². The Morgan fingerprint density at radius 1 is 0.913 bits per heavy atom. The maximum absolute atomic E-state index is 11.7. The first kappa shape index (κ1) is 18.7. The van der Waals surface area contributed by atoms with Gasteiger partial charge in [-0.2, -0.15) is 0 Å². The van der Waals surface area contributed by atoms with E-state index in [1.807, 2.05) is 51.1 Å². The molecule has 0 fully saturated rings. The molecule has 126 valence electrons. The predicted octanol–water partition coefficient (Wildman–Crippen LogP) is 0.766. The second-order valence-corrected chi connectivity index (χ2v) is 6.34. The fraction of sp³-hybridized carbons (Fsp3) is 0.471. The van der Waals surface area contributed by atoms with Crippen molar-refractivity contribution in [1.82, 2.24) is 16.0 Å². The lowest BCUT2D eigenvalue weighted by Gasteiger charge is -2.20. The number of amides is 3. The van der Waals surface area contributed by atoms with Gasteiger partial charge in [0.1, 0.15) is 0 Å². The zero-order chi connectivity index (χ0) is 17.3. The van der Waals surface area contributed by atoms with Gasteiger partial charge in [0, 0.05) is 18.5 Å². The average molecular weight is 319 g/mol. The average Bonchev–Trinajstić information content (AvgIpc) is 2.44. The standard InChI is InChI=1S/C17H25N3O3/c1-17(2,3)20-16(23)12-19-14(21)9-10-18-15(22)11-13-7-5-4-6-8-13/h4-8H,9-12H2,1-3H3,(H,18,22)(H,19,21)(H,20,23). The first-order valence-electron chi connectivity index (χ1n) is 7.64. The van der Waals surface area contributed by atoms with E-state index in [1.54, 1.807) is 0 Å². The Labute approximate surface area is 137 Å². The van der Waals surface area contributed by atoms with Crippen molar-refractivity contribution in [1.29, 1.82) is 0 Å². The van der Waals surface area contributed by atoms with Crippen LogP contribution in [-0.4, -0.2) is 36.3 Å². The van der Waals surface area contributed by atoms with Crippen molar-refractivity contribution < 1.29 is 14.4 Å². The minimum Gasteiger partial charge on any atom is -0.355 e. The van der Waals surface area contributed by atoms with Crippen molar-refractivity contribution in [2.24, 2.45) is 0 Å². The molecule has 23 heavy (non-hydrogen) atoms. The zero-order valence-electron chi connectivity index (χ0n) is 13.9. The summed E-state index contributed by atoms with van der Waals surface area (Å²) < 4.78 is 0. The normalized spacial score (nSPS) is 10.7. The van der Waals surface area contributed by atoms with Crippen LogP contribution in [0, 0.1) is 0 Å². The van der Waals surface area contributed by atoms with E-state index in [4.69, 9.17) is 0 Å². The Kier molecular flexibility index (Phi) is 7.25. The summed E-state index contributed by atoms with van der Waals surface area (Å²) in [5.74, 6) is -0.637. The zero-order valence-corrected chi connectivity index (χ0v) is 13.9. The van der Waals surface area contributed by atoms with Crippen molar-refractivity contribution in [2.75, 3.05) is 13.1 Å². The van der Waals surface area contributed by atoms with E-state index in [0.29, 0.717) is 0 Å². The molecular weight excluding hydrogens is 294 g/mol. The monoisotopic (exact) mass is 319 g/mol. The van der Waals surface area contributed by atoms with E-state index >= 15 is 0 Å². The predicted molar refractivity (Wildman–Crippen MR) is 88.7 cm³/mol. The third-order valence-electron chi connectivity index (χ3n) is 2.84. The number of carbonyl (C=O) groups is 3. The number of hydrogen-bond acceptors (Lipinski definition) is 3. The smallest absolute Gasteiger partial charge is 0.239 e. The van der Waals surface area contributed by atoms with Gasteiger partial charge >= 0.3 is 0 Å². The number of hydrogen-bond donors (Lipinski definition) is 3. The molecule has 3 N–H and O–H groups in total. The number of carbonyl (C=O) groups excluding carboxylic acids is 3. The van der Waals surface area contributed by atoms with E-state index < -0.39 is 0 Å². The Morgan fingerprint density at radius 2 is 1.57 bits per heavy atom. The lowest BCUT2D eigenvalue weighted by Crippen LogP contribution is -2.46. The van der Waals surface area contributed by atoms with Gasteiger partial charge in [-0.15, -0.1) is 0 Å². The van der Waals surface area contributed by atoms with Gasteiger partial charge in [0.15, 0.2) is 0 Å². The first-order chi connectivity index (χ1) is 10.8. The van der Waals surface area contributed by atoms with Gasteiger partial charge in [0.05, 0.1) is 13.0 Å². The Balaban J connectivity index is 2.16. The highest BCUT2D eigenvalue weighted by molar-refractivity contribution is 5.85. The summed E-state index contributed by atoms with van der Waals surface area (Å²) in [4.78, 5) is 34.9. The Hall–Kier alpha value is -2.37. The lowest BCUT2D eigenvalue weighted by molar-refractivity contribution is -0.127. The van der Waals surface area contributed by atoms with Gasteiger partial charge in [0.2, 0.25) is 17.7 Å². The molecule has 0 aliphatic carbocycles. The van der Waals surface area contributed by atoms with E-state index in [9.17, 15) is 14.4 Å². The summed E-state index contributed by atoms with van der Waals surface area (Å²) in [5, 5.41) is 7.97. The second-order valence-electron chi connectivity index (χ2n) is 6.34. The van der Waals surface area contributed by atoms with E-state index in [2.05, 4.69) is 16.0 Å². The van der Waals surface area contributed by atoms with Crippen molar-refractivity contribution in [3.05, 3.63) is 35.9 Å². The number of nitrogens with one attached hydrogen (secondary N) is 3. The molecule has 0 saturated heterocycles. The molecule has 0 unspecified atom stereocenters. The fourth-order valence-corrected chi connectivity index (χ4v) is 1.89. The highest BCUT2D eigenvalue weighted by atomic mass is 16.2. The molecule has 1 aromatic rings. The summed E-state index contributed by atoms with van der Waals surface area (Å²) >= 11 is 0. The quantitative estimate of drug-likeness (QED) is 0.693. The molecule has 6 heteroatoms. The minimum atomic E-state index is -0.326. The lowest BCUT2D eigenvalue weighted by atomic mass is 10.1. The Bertz CT molecular complexity index is 536.